The fourth-order valence-electron chi connectivity index (χ4n) is 1.22. The summed E-state index contributed by atoms with van der Waals surface area (Å²) in [6.45, 7) is 15.8. The van der Waals surface area contributed by atoms with Crippen LogP contribution < -0.4 is 4.74 Å². The lowest BCUT2D eigenvalue weighted by atomic mass is 10.2. The SMILES string of the molecule is C=C(C)/C(=C\C=C/C)Oc1ccc(SC)cc1.CC.CC. The molecule has 118 valence electrons. The number of ether oxygens (including phenoxy) is 1. The lowest BCUT2D eigenvalue weighted by Crippen LogP contribution is -1.95. The van der Waals surface area contributed by atoms with E-state index in [1.807, 2.05) is 84.0 Å². The number of hydrogen-bond donors (Lipinski definition) is 0. The number of benzene rings is 1. The average molecular weight is 307 g/mol. The van der Waals surface area contributed by atoms with Crippen molar-refractivity contribution in [2.24, 2.45) is 0 Å². The zero-order valence-corrected chi connectivity index (χ0v) is 15.4. The molecule has 0 aliphatic heterocycles. The molecule has 1 aromatic rings. The molecule has 0 heterocycles. The van der Waals surface area contributed by atoms with Gasteiger partial charge in [-0.25, -0.2) is 0 Å². The van der Waals surface area contributed by atoms with Crippen LogP contribution in [0, 0.1) is 0 Å². The van der Waals surface area contributed by atoms with Gasteiger partial charge in [-0.1, -0.05) is 46.4 Å². The van der Waals surface area contributed by atoms with Crippen LogP contribution in [0.1, 0.15) is 41.5 Å². The van der Waals surface area contributed by atoms with E-state index in [1.54, 1.807) is 11.8 Å². The lowest BCUT2D eigenvalue weighted by molar-refractivity contribution is 0.436. The Bertz CT molecular complexity index is 427. The third kappa shape index (κ3) is 10.0. The first-order valence-corrected chi connectivity index (χ1v) is 8.70. The van der Waals surface area contributed by atoms with Crippen molar-refractivity contribution in [2.45, 2.75) is 46.4 Å². The van der Waals surface area contributed by atoms with Gasteiger partial charge in [-0.3, -0.25) is 0 Å². The summed E-state index contributed by atoms with van der Waals surface area (Å²) in [5.41, 5.74) is 0.914. The van der Waals surface area contributed by atoms with Crippen LogP contribution in [0.3, 0.4) is 0 Å². The summed E-state index contributed by atoms with van der Waals surface area (Å²) in [6, 6.07) is 8.04. The first-order chi connectivity index (χ1) is 10.2. The molecule has 1 aromatic carbocycles. The summed E-state index contributed by atoms with van der Waals surface area (Å²) < 4.78 is 5.78. The van der Waals surface area contributed by atoms with Crippen LogP contribution in [-0.4, -0.2) is 6.26 Å². The highest BCUT2D eigenvalue weighted by atomic mass is 32.2. The fraction of sp³-hybridized carbons (Fsp3) is 0.368. The molecule has 0 atom stereocenters. The molecular weight excluding hydrogens is 276 g/mol. The Labute approximate surface area is 135 Å². The molecule has 2 heteroatoms. The number of hydrogen-bond acceptors (Lipinski definition) is 2. The van der Waals surface area contributed by atoms with Gasteiger partial charge < -0.3 is 4.74 Å². The van der Waals surface area contributed by atoms with E-state index >= 15 is 0 Å². The number of thioether (sulfide) groups is 1. The Hall–Kier alpha value is -1.41. The van der Waals surface area contributed by atoms with E-state index in [-0.39, 0.29) is 0 Å². The van der Waals surface area contributed by atoms with Crippen LogP contribution in [0.15, 0.2) is 65.3 Å². The normalized spacial score (nSPS) is 10.1. The quantitative estimate of drug-likeness (QED) is 0.333. The molecule has 21 heavy (non-hydrogen) atoms. The zero-order chi connectivity index (χ0) is 16.7. The highest BCUT2D eigenvalue weighted by molar-refractivity contribution is 7.98. The van der Waals surface area contributed by atoms with Crippen LogP contribution in [-0.2, 0) is 0 Å². The van der Waals surface area contributed by atoms with Gasteiger partial charge in [0.1, 0.15) is 11.5 Å². The number of rotatable bonds is 5. The predicted octanol–water partition coefficient (Wildman–Crippen LogP) is 6.88. The zero-order valence-electron chi connectivity index (χ0n) is 14.6. The predicted molar refractivity (Wildman–Crippen MR) is 99.3 cm³/mol. The Morgan fingerprint density at radius 2 is 1.62 bits per heavy atom. The van der Waals surface area contributed by atoms with E-state index in [1.165, 1.54) is 4.90 Å². The Morgan fingerprint density at radius 1 is 1.10 bits per heavy atom. The van der Waals surface area contributed by atoms with E-state index in [0.29, 0.717) is 0 Å². The van der Waals surface area contributed by atoms with Crippen molar-refractivity contribution >= 4 is 11.8 Å². The maximum atomic E-state index is 5.78. The number of allylic oxidation sites excluding steroid dienone is 4. The summed E-state index contributed by atoms with van der Waals surface area (Å²) in [4.78, 5) is 1.23. The summed E-state index contributed by atoms with van der Waals surface area (Å²) in [5.74, 6) is 1.63. The smallest absolute Gasteiger partial charge is 0.129 e. The van der Waals surface area contributed by atoms with Crippen molar-refractivity contribution < 1.29 is 4.74 Å². The molecule has 0 aliphatic carbocycles. The first-order valence-electron chi connectivity index (χ1n) is 7.48. The minimum Gasteiger partial charge on any atom is -0.457 e. The molecule has 0 amide bonds. The molecule has 0 spiro atoms. The third-order valence-electron chi connectivity index (χ3n) is 2.15. The summed E-state index contributed by atoms with van der Waals surface area (Å²) in [5, 5.41) is 0. The highest BCUT2D eigenvalue weighted by Gasteiger charge is 2.01. The second kappa shape index (κ2) is 15.0. The largest absolute Gasteiger partial charge is 0.457 e. The van der Waals surface area contributed by atoms with Crippen molar-refractivity contribution in [3.8, 4) is 5.75 Å². The summed E-state index contributed by atoms with van der Waals surface area (Å²) >= 11 is 1.72. The molecule has 0 aliphatic rings. The lowest BCUT2D eigenvalue weighted by Gasteiger charge is -2.09. The molecule has 1 nitrogen and oxygen atoms in total. The molecule has 0 aromatic heterocycles. The molecule has 0 saturated carbocycles. The second-order valence-corrected chi connectivity index (χ2v) is 4.49. The standard InChI is InChI=1S/C15H18OS.2C2H6/c1-5-6-7-15(12(2)3)16-13-8-10-14(17-4)11-9-13;2*1-2/h5-11H,2H2,1,3-4H3;2*1-2H3/b6-5-,15-7+;;. The van der Waals surface area contributed by atoms with E-state index in [2.05, 4.69) is 12.8 Å². The summed E-state index contributed by atoms with van der Waals surface area (Å²) in [7, 11) is 0. The van der Waals surface area contributed by atoms with Crippen LogP contribution in [0.4, 0.5) is 0 Å². The Balaban J connectivity index is 0. The van der Waals surface area contributed by atoms with Crippen molar-refractivity contribution in [3.05, 3.63) is 60.4 Å². The minimum atomic E-state index is 0.792. The van der Waals surface area contributed by atoms with Crippen LogP contribution in [0.5, 0.6) is 5.75 Å². The van der Waals surface area contributed by atoms with Crippen molar-refractivity contribution in [1.82, 2.24) is 0 Å². The Kier molecular flexibility index (Phi) is 15.6. The molecule has 0 N–H and O–H groups in total. The minimum absolute atomic E-state index is 0.792. The van der Waals surface area contributed by atoms with E-state index in [9.17, 15) is 0 Å². The van der Waals surface area contributed by atoms with Gasteiger partial charge in [0.15, 0.2) is 0 Å². The highest BCUT2D eigenvalue weighted by Crippen LogP contribution is 2.22. The monoisotopic (exact) mass is 306 g/mol. The van der Waals surface area contributed by atoms with Crippen LogP contribution in [0.2, 0.25) is 0 Å². The van der Waals surface area contributed by atoms with E-state index in [4.69, 9.17) is 4.74 Å². The Morgan fingerprint density at radius 3 is 2.00 bits per heavy atom. The van der Waals surface area contributed by atoms with Crippen LogP contribution in [0.25, 0.3) is 0 Å². The maximum Gasteiger partial charge on any atom is 0.129 e. The molecule has 1 rings (SSSR count). The van der Waals surface area contributed by atoms with Gasteiger partial charge in [-0.15, -0.1) is 11.8 Å². The maximum absolute atomic E-state index is 5.78. The third-order valence-corrected chi connectivity index (χ3v) is 2.89. The van der Waals surface area contributed by atoms with Gasteiger partial charge in [-0.2, -0.15) is 0 Å². The topological polar surface area (TPSA) is 9.23 Å². The van der Waals surface area contributed by atoms with Crippen molar-refractivity contribution in [3.63, 3.8) is 0 Å². The van der Waals surface area contributed by atoms with Gasteiger partial charge in [-0.05, 0) is 56.0 Å². The van der Waals surface area contributed by atoms with E-state index in [0.717, 1.165) is 17.1 Å². The molecule has 0 saturated heterocycles. The van der Waals surface area contributed by atoms with Gasteiger partial charge in [0.25, 0.3) is 0 Å². The first kappa shape index (κ1) is 21.9. The molecular formula is C19H30OS. The van der Waals surface area contributed by atoms with Gasteiger partial charge >= 0.3 is 0 Å². The van der Waals surface area contributed by atoms with Crippen molar-refractivity contribution in [2.75, 3.05) is 6.26 Å². The summed E-state index contributed by atoms with van der Waals surface area (Å²) in [6.07, 6.45) is 7.88. The van der Waals surface area contributed by atoms with Crippen molar-refractivity contribution in [1.29, 1.82) is 0 Å². The fourth-order valence-corrected chi connectivity index (χ4v) is 1.63. The average Bonchev–Trinajstić information content (AvgIpc) is 2.55. The molecule has 0 bridgehead atoms. The van der Waals surface area contributed by atoms with Gasteiger partial charge in [0.05, 0.1) is 0 Å². The molecule has 0 fully saturated rings. The van der Waals surface area contributed by atoms with Gasteiger partial charge in [0, 0.05) is 4.90 Å². The molecule has 0 radical (unpaired) electrons. The second-order valence-electron chi connectivity index (χ2n) is 3.61. The van der Waals surface area contributed by atoms with Crippen LogP contribution >= 0.6 is 11.8 Å². The van der Waals surface area contributed by atoms with E-state index < -0.39 is 0 Å². The molecule has 0 unspecified atom stereocenters. The van der Waals surface area contributed by atoms with Gasteiger partial charge in [0.2, 0.25) is 0 Å².